The molecule has 2 atom stereocenters. The van der Waals surface area contributed by atoms with Crippen molar-refractivity contribution in [1.82, 2.24) is 0 Å². The lowest BCUT2D eigenvalue weighted by Crippen LogP contribution is -2.10. The van der Waals surface area contributed by atoms with Crippen molar-refractivity contribution in [2.24, 2.45) is 5.92 Å². The summed E-state index contributed by atoms with van der Waals surface area (Å²) in [5.41, 5.74) is 0.410. The molecule has 0 N–H and O–H groups in total. The third kappa shape index (κ3) is 9.46. The second-order valence-electron chi connectivity index (χ2n) is 8.46. The predicted octanol–water partition coefficient (Wildman–Crippen LogP) is 6.27. The summed E-state index contributed by atoms with van der Waals surface area (Å²) in [5, 5.41) is 0. The SMILES string of the molecule is CCC(=O)CCCCCCCCCCCCCOP1(=O)OC[C@H]2COC(=O)C2=C(C)O1. The summed E-state index contributed by atoms with van der Waals surface area (Å²) in [5.74, 6) is -0.00342. The van der Waals surface area contributed by atoms with E-state index in [-0.39, 0.29) is 24.9 Å². The number of rotatable bonds is 16. The first kappa shape index (κ1) is 26.1. The quantitative estimate of drug-likeness (QED) is 0.153. The summed E-state index contributed by atoms with van der Waals surface area (Å²) in [6.45, 7) is 4.19. The Labute approximate surface area is 186 Å². The molecule has 1 fully saturated rings. The van der Waals surface area contributed by atoms with Crippen molar-refractivity contribution < 1.29 is 32.5 Å². The van der Waals surface area contributed by atoms with E-state index in [2.05, 4.69) is 0 Å². The fourth-order valence-electron chi connectivity index (χ4n) is 3.92. The van der Waals surface area contributed by atoms with Crippen molar-refractivity contribution in [3.8, 4) is 0 Å². The first-order valence-electron chi connectivity index (χ1n) is 11.9. The van der Waals surface area contributed by atoms with Crippen molar-refractivity contribution in [2.75, 3.05) is 19.8 Å². The highest BCUT2D eigenvalue weighted by atomic mass is 31.2. The van der Waals surface area contributed by atoms with Crippen molar-refractivity contribution in [2.45, 2.75) is 97.3 Å². The average molecular weight is 459 g/mol. The average Bonchev–Trinajstić information content (AvgIpc) is 3.06. The molecule has 1 saturated heterocycles. The maximum Gasteiger partial charge on any atom is 0.529 e. The van der Waals surface area contributed by atoms with E-state index in [9.17, 15) is 14.2 Å². The Morgan fingerprint density at radius 3 is 2.16 bits per heavy atom. The molecule has 0 bridgehead atoms. The lowest BCUT2D eigenvalue weighted by molar-refractivity contribution is -0.135. The fraction of sp³-hybridized carbons (Fsp3) is 0.826. The van der Waals surface area contributed by atoms with Crippen LogP contribution in [0.4, 0.5) is 0 Å². The molecular weight excluding hydrogens is 419 g/mol. The number of unbranched alkanes of at least 4 members (excludes halogenated alkanes) is 10. The number of ether oxygens (including phenoxy) is 1. The summed E-state index contributed by atoms with van der Waals surface area (Å²) in [7, 11) is -3.67. The Morgan fingerprint density at radius 2 is 1.55 bits per heavy atom. The molecule has 0 aromatic rings. The van der Waals surface area contributed by atoms with Crippen LogP contribution in [0.25, 0.3) is 0 Å². The molecule has 0 aromatic heterocycles. The summed E-state index contributed by atoms with van der Waals surface area (Å²) in [6, 6.07) is 0. The zero-order chi connectivity index (χ0) is 22.5. The number of carbonyl (C=O) groups is 2. The molecule has 31 heavy (non-hydrogen) atoms. The minimum absolute atomic E-state index is 0.104. The molecule has 0 radical (unpaired) electrons. The first-order valence-corrected chi connectivity index (χ1v) is 13.4. The van der Waals surface area contributed by atoms with E-state index in [0.717, 1.165) is 32.1 Å². The molecule has 0 spiro atoms. The van der Waals surface area contributed by atoms with Crippen LogP contribution in [0.3, 0.4) is 0 Å². The molecule has 0 amide bonds. The Kier molecular flexibility index (Phi) is 11.8. The van der Waals surface area contributed by atoms with Crippen LogP contribution in [0.15, 0.2) is 11.3 Å². The second kappa shape index (κ2) is 14.1. The minimum Gasteiger partial charge on any atom is -0.461 e. The number of esters is 1. The summed E-state index contributed by atoms with van der Waals surface area (Å²) in [6.07, 6.45) is 14.0. The molecule has 0 aromatic carbocycles. The highest BCUT2D eigenvalue weighted by Crippen LogP contribution is 2.54. The molecule has 178 valence electrons. The van der Waals surface area contributed by atoms with Gasteiger partial charge in [-0.05, 0) is 19.8 Å². The molecule has 8 heteroatoms. The third-order valence-electron chi connectivity index (χ3n) is 5.85. The van der Waals surface area contributed by atoms with Gasteiger partial charge in [0, 0.05) is 12.8 Å². The van der Waals surface area contributed by atoms with E-state index in [0.29, 0.717) is 24.4 Å². The van der Waals surface area contributed by atoms with E-state index in [1.54, 1.807) is 6.92 Å². The maximum absolute atomic E-state index is 12.7. The van der Waals surface area contributed by atoms with Gasteiger partial charge in [-0.3, -0.25) is 13.8 Å². The number of cyclic esters (lactones) is 1. The summed E-state index contributed by atoms with van der Waals surface area (Å²) < 4.78 is 33.9. The number of hydrogen-bond acceptors (Lipinski definition) is 7. The van der Waals surface area contributed by atoms with Crippen molar-refractivity contribution in [3.63, 3.8) is 0 Å². The smallest absolute Gasteiger partial charge is 0.461 e. The number of phosphoric ester groups is 1. The van der Waals surface area contributed by atoms with Crippen molar-refractivity contribution in [3.05, 3.63) is 11.3 Å². The second-order valence-corrected chi connectivity index (χ2v) is 10.1. The van der Waals surface area contributed by atoms with Gasteiger partial charge in [0.05, 0.1) is 24.7 Å². The summed E-state index contributed by atoms with van der Waals surface area (Å²) >= 11 is 0. The van der Waals surface area contributed by atoms with E-state index < -0.39 is 13.8 Å². The van der Waals surface area contributed by atoms with Gasteiger partial charge in [-0.2, -0.15) is 0 Å². The standard InChI is InChI=1S/C23H39O7P/c1-3-21(24)15-13-11-9-7-5-4-6-8-10-12-14-16-28-31(26)29-18-20-17-27-23(25)22(20)19(2)30-31/h20H,3-18H2,1-2H3/t20-,31?/m1/s1. The van der Waals surface area contributed by atoms with Gasteiger partial charge in [0.25, 0.3) is 0 Å². The summed E-state index contributed by atoms with van der Waals surface area (Å²) in [4.78, 5) is 23.0. The number of ketones is 1. The molecule has 2 heterocycles. The Morgan fingerprint density at radius 1 is 0.968 bits per heavy atom. The van der Waals surface area contributed by atoms with Crippen LogP contribution in [-0.2, 0) is 32.5 Å². The highest BCUT2D eigenvalue weighted by molar-refractivity contribution is 7.48. The van der Waals surface area contributed by atoms with Gasteiger partial charge >= 0.3 is 13.8 Å². The maximum atomic E-state index is 12.7. The number of hydrogen-bond donors (Lipinski definition) is 0. The normalized spacial score (nSPS) is 23.3. The van der Waals surface area contributed by atoms with Gasteiger partial charge in [0.2, 0.25) is 0 Å². The minimum atomic E-state index is -3.67. The van der Waals surface area contributed by atoms with Gasteiger partial charge in [0.1, 0.15) is 18.1 Å². The van der Waals surface area contributed by atoms with Gasteiger partial charge in [-0.1, -0.05) is 64.7 Å². The first-order chi connectivity index (χ1) is 14.9. The Bertz CT molecular complexity index is 658. The molecule has 2 aliphatic rings. The topological polar surface area (TPSA) is 88.1 Å². The largest absolute Gasteiger partial charge is 0.529 e. The molecular formula is C23H39O7P. The van der Waals surface area contributed by atoms with Gasteiger partial charge in [0.15, 0.2) is 0 Å². The van der Waals surface area contributed by atoms with Crippen molar-refractivity contribution >= 4 is 19.6 Å². The van der Waals surface area contributed by atoms with Crippen LogP contribution in [-0.4, -0.2) is 31.6 Å². The van der Waals surface area contributed by atoms with Crippen LogP contribution in [0.1, 0.15) is 97.3 Å². The van der Waals surface area contributed by atoms with E-state index in [1.165, 1.54) is 44.9 Å². The Balaban J connectivity index is 1.44. The van der Waals surface area contributed by atoms with Crippen LogP contribution < -0.4 is 0 Å². The van der Waals surface area contributed by atoms with E-state index >= 15 is 0 Å². The lowest BCUT2D eigenvalue weighted by Gasteiger charge is -2.17. The zero-order valence-electron chi connectivity index (χ0n) is 19.2. The monoisotopic (exact) mass is 458 g/mol. The third-order valence-corrected chi connectivity index (χ3v) is 7.31. The van der Waals surface area contributed by atoms with Crippen LogP contribution >= 0.6 is 7.82 Å². The fourth-order valence-corrected chi connectivity index (χ4v) is 5.25. The zero-order valence-corrected chi connectivity index (χ0v) is 20.1. The Hall–Kier alpha value is -1.17. The predicted molar refractivity (Wildman–Crippen MR) is 118 cm³/mol. The molecule has 2 rings (SSSR count). The number of allylic oxidation sites excluding steroid dienone is 1. The molecule has 7 nitrogen and oxygen atoms in total. The van der Waals surface area contributed by atoms with E-state index in [1.807, 2.05) is 6.92 Å². The van der Waals surface area contributed by atoms with Crippen LogP contribution in [0.5, 0.6) is 0 Å². The molecule has 0 saturated carbocycles. The van der Waals surface area contributed by atoms with E-state index in [4.69, 9.17) is 18.3 Å². The van der Waals surface area contributed by atoms with Crippen LogP contribution in [0.2, 0.25) is 0 Å². The molecule has 1 unspecified atom stereocenters. The van der Waals surface area contributed by atoms with Crippen LogP contribution in [0, 0.1) is 5.92 Å². The molecule has 0 aliphatic carbocycles. The molecule has 2 aliphatic heterocycles. The van der Waals surface area contributed by atoms with Gasteiger partial charge < -0.3 is 9.26 Å². The highest BCUT2D eigenvalue weighted by Gasteiger charge is 2.42. The number of Topliss-reactive ketones (excluding diaryl/α,β-unsaturated/α-hetero) is 1. The number of phosphoric acid groups is 1. The lowest BCUT2D eigenvalue weighted by atomic mass is 10.0. The van der Waals surface area contributed by atoms with Gasteiger partial charge in [-0.15, -0.1) is 0 Å². The number of carbonyl (C=O) groups excluding carboxylic acids is 2. The number of fused-ring (bicyclic) bond motifs is 1. The van der Waals surface area contributed by atoms with Gasteiger partial charge in [-0.25, -0.2) is 9.36 Å². The van der Waals surface area contributed by atoms with Crippen molar-refractivity contribution in [1.29, 1.82) is 0 Å².